The summed E-state index contributed by atoms with van der Waals surface area (Å²) in [5.74, 6) is 1.39. The number of nitrogens with zero attached hydrogens (tertiary/aromatic N) is 2. The van der Waals surface area contributed by atoms with Gasteiger partial charge in [0, 0.05) is 31.0 Å². The second-order valence-corrected chi connectivity index (χ2v) is 11.3. The van der Waals surface area contributed by atoms with Crippen molar-refractivity contribution in [3.63, 3.8) is 0 Å². The molecule has 216 valence electrons. The maximum absolute atomic E-state index is 13.7. The molecule has 2 amide bonds. The summed E-state index contributed by atoms with van der Waals surface area (Å²) in [6, 6.07) is 9.91. The van der Waals surface area contributed by atoms with E-state index in [0.29, 0.717) is 44.0 Å². The molecule has 1 aromatic carbocycles. The highest BCUT2D eigenvalue weighted by Crippen LogP contribution is 2.28. The first-order valence-electron chi connectivity index (χ1n) is 14.4. The molecule has 8 heteroatoms. The molecule has 1 aliphatic heterocycles. The maximum atomic E-state index is 13.7. The van der Waals surface area contributed by atoms with Gasteiger partial charge in [-0.05, 0) is 54.8 Å². The van der Waals surface area contributed by atoms with Crippen molar-refractivity contribution in [2.24, 2.45) is 0 Å². The van der Waals surface area contributed by atoms with Gasteiger partial charge < -0.3 is 24.0 Å². The molecule has 1 aromatic heterocycles. The summed E-state index contributed by atoms with van der Waals surface area (Å²) in [4.78, 5) is 31.7. The molecule has 0 saturated carbocycles. The minimum Gasteiger partial charge on any atom is -0.493 e. The van der Waals surface area contributed by atoms with Crippen molar-refractivity contribution in [2.45, 2.75) is 83.8 Å². The highest BCUT2D eigenvalue weighted by atomic mass is 32.1. The summed E-state index contributed by atoms with van der Waals surface area (Å²) in [6.07, 6.45) is 9.90. The van der Waals surface area contributed by atoms with E-state index in [1.807, 2.05) is 34.5 Å². The Kier molecular flexibility index (Phi) is 13.6. The van der Waals surface area contributed by atoms with Gasteiger partial charge in [-0.25, -0.2) is 0 Å². The average molecular weight is 559 g/mol. The number of hydrogen-bond acceptors (Lipinski definition) is 6. The third kappa shape index (κ3) is 10.5. The van der Waals surface area contributed by atoms with Crippen LogP contribution in [-0.4, -0.2) is 68.2 Å². The van der Waals surface area contributed by atoms with Crippen LogP contribution in [0.2, 0.25) is 0 Å². The fraction of sp³-hybridized carbons (Fsp3) is 0.613. The van der Waals surface area contributed by atoms with E-state index in [9.17, 15) is 9.59 Å². The lowest BCUT2D eigenvalue weighted by Gasteiger charge is -2.29. The molecule has 1 unspecified atom stereocenters. The molecule has 39 heavy (non-hydrogen) atoms. The maximum Gasteiger partial charge on any atom is 0.242 e. The van der Waals surface area contributed by atoms with Gasteiger partial charge in [-0.15, -0.1) is 11.3 Å². The number of amides is 2. The molecule has 1 aliphatic rings. The zero-order valence-electron chi connectivity index (χ0n) is 24.0. The predicted octanol–water partition coefficient (Wildman–Crippen LogP) is 6.09. The van der Waals surface area contributed by atoms with Gasteiger partial charge in [0.2, 0.25) is 11.8 Å². The van der Waals surface area contributed by atoms with Crippen molar-refractivity contribution in [2.75, 3.05) is 40.5 Å². The van der Waals surface area contributed by atoms with E-state index in [0.717, 1.165) is 49.2 Å². The molecular weight excluding hydrogens is 512 g/mol. The molecule has 2 heterocycles. The van der Waals surface area contributed by atoms with E-state index < -0.39 is 0 Å². The van der Waals surface area contributed by atoms with Crippen LogP contribution in [0.15, 0.2) is 35.7 Å². The van der Waals surface area contributed by atoms with Crippen LogP contribution >= 0.6 is 11.3 Å². The van der Waals surface area contributed by atoms with Crippen molar-refractivity contribution in [3.8, 4) is 11.5 Å². The van der Waals surface area contributed by atoms with Crippen molar-refractivity contribution in [1.82, 2.24) is 9.80 Å². The van der Waals surface area contributed by atoms with Crippen LogP contribution in [0.5, 0.6) is 11.5 Å². The summed E-state index contributed by atoms with van der Waals surface area (Å²) in [5.41, 5.74) is 1.06. The minimum absolute atomic E-state index is 0.0174. The van der Waals surface area contributed by atoms with Crippen LogP contribution < -0.4 is 9.47 Å². The number of carbonyl (C=O) groups is 2. The first kappa shape index (κ1) is 31.0. The highest BCUT2D eigenvalue weighted by Gasteiger charge is 2.26. The summed E-state index contributed by atoms with van der Waals surface area (Å²) in [7, 11) is 3.24. The second-order valence-electron chi connectivity index (χ2n) is 10.3. The Bertz CT molecular complexity index is 991. The fourth-order valence-corrected chi connectivity index (χ4v) is 5.67. The normalized spacial score (nSPS) is 14.8. The number of hydrogen-bond donors (Lipinski definition) is 0. The van der Waals surface area contributed by atoms with Gasteiger partial charge in [0.25, 0.3) is 0 Å². The van der Waals surface area contributed by atoms with Gasteiger partial charge in [0.15, 0.2) is 11.5 Å². The number of ether oxygens (including phenoxy) is 3. The molecule has 0 spiro atoms. The molecule has 0 radical (unpaired) electrons. The molecular formula is C31H46N2O5S. The van der Waals surface area contributed by atoms with Crippen LogP contribution in [0, 0.1) is 0 Å². The van der Waals surface area contributed by atoms with Gasteiger partial charge in [-0.1, -0.05) is 51.2 Å². The number of methoxy groups -OCH3 is 2. The molecule has 1 fully saturated rings. The predicted molar refractivity (Wildman–Crippen MR) is 157 cm³/mol. The molecule has 0 bridgehead atoms. The van der Waals surface area contributed by atoms with E-state index >= 15 is 0 Å². The molecule has 0 N–H and O–H groups in total. The third-order valence-electron chi connectivity index (χ3n) is 7.27. The van der Waals surface area contributed by atoms with Crippen molar-refractivity contribution < 1.29 is 23.8 Å². The number of unbranched alkanes of at least 4 members (excludes halogenated alkanes) is 5. The monoisotopic (exact) mass is 558 g/mol. The van der Waals surface area contributed by atoms with E-state index in [2.05, 4.69) is 13.0 Å². The van der Waals surface area contributed by atoms with Gasteiger partial charge in [0.05, 0.1) is 33.4 Å². The minimum atomic E-state index is -0.0295. The molecule has 7 nitrogen and oxygen atoms in total. The lowest BCUT2D eigenvalue weighted by molar-refractivity contribution is -0.142. The van der Waals surface area contributed by atoms with Crippen LogP contribution in [0.4, 0.5) is 0 Å². The largest absolute Gasteiger partial charge is 0.493 e. The summed E-state index contributed by atoms with van der Waals surface area (Å²) in [6.45, 7) is 4.59. The summed E-state index contributed by atoms with van der Waals surface area (Å²) < 4.78 is 16.7. The number of benzene rings is 1. The highest BCUT2D eigenvalue weighted by molar-refractivity contribution is 7.09. The smallest absolute Gasteiger partial charge is 0.242 e. The first-order valence-corrected chi connectivity index (χ1v) is 15.3. The Morgan fingerprint density at radius 2 is 1.79 bits per heavy atom. The topological polar surface area (TPSA) is 68.3 Å². The molecule has 3 rings (SSSR count). The average Bonchev–Trinajstić information content (AvgIpc) is 3.66. The van der Waals surface area contributed by atoms with Crippen molar-refractivity contribution in [1.29, 1.82) is 0 Å². The molecule has 1 saturated heterocycles. The zero-order chi connectivity index (χ0) is 27.9. The van der Waals surface area contributed by atoms with Gasteiger partial charge in [-0.3, -0.25) is 9.59 Å². The van der Waals surface area contributed by atoms with Crippen molar-refractivity contribution in [3.05, 3.63) is 46.2 Å². The molecule has 0 aliphatic carbocycles. The number of rotatable bonds is 18. The molecule has 2 aromatic rings. The SMILES string of the molecule is CCCCCCCCC(=O)N(CC(=O)N(CCc1ccc(OC)c(OC)c1)Cc1cccs1)CC1CCCO1. The van der Waals surface area contributed by atoms with Crippen LogP contribution in [0.1, 0.15) is 75.2 Å². The van der Waals surface area contributed by atoms with E-state index in [1.54, 1.807) is 30.5 Å². The fourth-order valence-electron chi connectivity index (χ4n) is 4.95. The van der Waals surface area contributed by atoms with E-state index in [-0.39, 0.29) is 24.5 Å². The Morgan fingerprint density at radius 3 is 2.49 bits per heavy atom. The summed E-state index contributed by atoms with van der Waals surface area (Å²) >= 11 is 1.64. The quantitative estimate of drug-likeness (QED) is 0.207. The number of thiophene rings is 1. The second kappa shape index (κ2) is 17.2. The van der Waals surface area contributed by atoms with Crippen molar-refractivity contribution >= 4 is 23.2 Å². The molecule has 1 atom stereocenters. The van der Waals surface area contributed by atoms with Crippen LogP contribution in [0.25, 0.3) is 0 Å². The Hall–Kier alpha value is -2.58. The van der Waals surface area contributed by atoms with E-state index in [4.69, 9.17) is 14.2 Å². The lowest BCUT2D eigenvalue weighted by Crippen LogP contribution is -2.45. The Balaban J connectivity index is 1.66. The first-order chi connectivity index (χ1) is 19.0. The number of carbonyl (C=O) groups excluding carboxylic acids is 2. The standard InChI is InChI=1S/C31H46N2O5S/c1-4-5-6-7-8-9-14-30(34)33(22-26-12-10-19-38-26)24-31(35)32(23-27-13-11-20-39-27)18-17-25-15-16-28(36-2)29(21-25)37-3/h11,13,15-16,20-21,26H,4-10,12,14,17-19,22-24H2,1-3H3. The van der Waals surface area contributed by atoms with Gasteiger partial charge >= 0.3 is 0 Å². The van der Waals surface area contributed by atoms with Crippen LogP contribution in [-0.2, 0) is 27.3 Å². The van der Waals surface area contributed by atoms with Gasteiger partial charge in [0.1, 0.15) is 0 Å². The van der Waals surface area contributed by atoms with E-state index in [1.165, 1.54) is 19.3 Å². The van der Waals surface area contributed by atoms with Gasteiger partial charge in [-0.2, -0.15) is 0 Å². The summed E-state index contributed by atoms with van der Waals surface area (Å²) in [5, 5.41) is 2.03. The van der Waals surface area contributed by atoms with Crippen LogP contribution in [0.3, 0.4) is 0 Å². The third-order valence-corrected chi connectivity index (χ3v) is 8.13. The Labute approximate surface area is 238 Å². The lowest BCUT2D eigenvalue weighted by atomic mass is 10.1. The Morgan fingerprint density at radius 1 is 1.00 bits per heavy atom. The zero-order valence-corrected chi connectivity index (χ0v) is 24.8.